The molecule has 96 valence electrons. The van der Waals surface area contributed by atoms with E-state index in [2.05, 4.69) is 40.6 Å². The van der Waals surface area contributed by atoms with E-state index in [-0.39, 0.29) is 5.92 Å². The molecule has 0 saturated carbocycles. The van der Waals surface area contributed by atoms with Gasteiger partial charge in [0.1, 0.15) is 0 Å². The average Bonchev–Trinajstić information content (AvgIpc) is 2.93. The summed E-state index contributed by atoms with van der Waals surface area (Å²) in [6.07, 6.45) is 2.60. The maximum atomic E-state index is 8.76. The van der Waals surface area contributed by atoms with E-state index in [0.717, 1.165) is 13.1 Å². The van der Waals surface area contributed by atoms with Crippen LogP contribution in [-0.4, -0.2) is 19.6 Å². The quantitative estimate of drug-likeness (QED) is 0.863. The van der Waals surface area contributed by atoms with E-state index >= 15 is 0 Å². The van der Waals surface area contributed by atoms with E-state index in [4.69, 9.17) is 5.26 Å². The third-order valence-electron chi connectivity index (χ3n) is 3.42. The minimum atomic E-state index is 0.0731. The molecular weight excluding hydrogens is 222 g/mol. The maximum absolute atomic E-state index is 8.76. The SMILES string of the molecule is CC(C#N)CNCc1ccccc1N1CCCC1. The topological polar surface area (TPSA) is 39.1 Å². The molecular formula is C15H21N3. The Kier molecular flexibility index (Phi) is 4.60. The van der Waals surface area contributed by atoms with E-state index < -0.39 is 0 Å². The Labute approximate surface area is 109 Å². The van der Waals surface area contributed by atoms with Crippen LogP contribution in [0.5, 0.6) is 0 Å². The fraction of sp³-hybridized carbons (Fsp3) is 0.533. The number of nitrogens with one attached hydrogen (secondary N) is 1. The van der Waals surface area contributed by atoms with Crippen LogP contribution in [0.15, 0.2) is 24.3 Å². The lowest BCUT2D eigenvalue weighted by molar-refractivity contribution is 0.601. The molecule has 1 saturated heterocycles. The zero-order valence-corrected chi connectivity index (χ0v) is 11.0. The van der Waals surface area contributed by atoms with Crippen LogP contribution in [0.25, 0.3) is 0 Å². The van der Waals surface area contributed by atoms with Gasteiger partial charge in [0.05, 0.1) is 12.0 Å². The van der Waals surface area contributed by atoms with Crippen molar-refractivity contribution in [3.8, 4) is 6.07 Å². The number of rotatable bonds is 5. The van der Waals surface area contributed by atoms with Crippen LogP contribution < -0.4 is 10.2 Å². The van der Waals surface area contributed by atoms with Gasteiger partial charge in [-0.25, -0.2) is 0 Å². The molecule has 1 aliphatic rings. The van der Waals surface area contributed by atoms with Gasteiger partial charge in [-0.1, -0.05) is 18.2 Å². The molecule has 1 unspecified atom stereocenters. The Morgan fingerprint density at radius 3 is 2.78 bits per heavy atom. The van der Waals surface area contributed by atoms with Crippen molar-refractivity contribution in [1.82, 2.24) is 5.32 Å². The molecule has 0 amide bonds. The predicted octanol–water partition coefficient (Wildman–Crippen LogP) is 2.54. The molecule has 0 radical (unpaired) electrons. The van der Waals surface area contributed by atoms with Gasteiger partial charge in [0.15, 0.2) is 0 Å². The fourth-order valence-electron chi connectivity index (χ4n) is 2.40. The Hall–Kier alpha value is -1.53. The number of para-hydroxylation sites is 1. The van der Waals surface area contributed by atoms with Crippen molar-refractivity contribution >= 4 is 5.69 Å². The van der Waals surface area contributed by atoms with Gasteiger partial charge in [0.2, 0.25) is 0 Å². The highest BCUT2D eigenvalue weighted by atomic mass is 15.1. The van der Waals surface area contributed by atoms with Crippen molar-refractivity contribution in [3.05, 3.63) is 29.8 Å². The van der Waals surface area contributed by atoms with Crippen molar-refractivity contribution < 1.29 is 0 Å². The standard InChI is InChI=1S/C15H21N3/c1-13(10-16)11-17-12-14-6-2-3-7-15(14)18-8-4-5-9-18/h2-3,6-7,13,17H,4-5,8-9,11-12H2,1H3. The Morgan fingerprint density at radius 2 is 2.06 bits per heavy atom. The number of anilines is 1. The molecule has 1 aromatic rings. The average molecular weight is 243 g/mol. The molecule has 0 aromatic heterocycles. The monoisotopic (exact) mass is 243 g/mol. The first-order chi connectivity index (χ1) is 8.81. The normalized spacial score (nSPS) is 16.6. The summed E-state index contributed by atoms with van der Waals surface area (Å²) in [5, 5.41) is 12.1. The number of nitrogens with zero attached hydrogens (tertiary/aromatic N) is 2. The van der Waals surface area contributed by atoms with Gasteiger partial charge in [-0.05, 0) is 31.4 Å². The van der Waals surface area contributed by atoms with Gasteiger partial charge in [-0.15, -0.1) is 0 Å². The molecule has 0 spiro atoms. The summed E-state index contributed by atoms with van der Waals surface area (Å²) in [5.41, 5.74) is 2.69. The van der Waals surface area contributed by atoms with E-state index in [1.165, 1.54) is 37.2 Å². The van der Waals surface area contributed by atoms with E-state index in [9.17, 15) is 0 Å². The van der Waals surface area contributed by atoms with Crippen LogP contribution in [-0.2, 0) is 6.54 Å². The molecule has 18 heavy (non-hydrogen) atoms. The molecule has 0 aliphatic carbocycles. The van der Waals surface area contributed by atoms with Crippen LogP contribution in [0.1, 0.15) is 25.3 Å². The molecule has 2 rings (SSSR count). The van der Waals surface area contributed by atoms with Gasteiger partial charge in [-0.3, -0.25) is 0 Å². The van der Waals surface area contributed by atoms with Crippen LogP contribution in [0.4, 0.5) is 5.69 Å². The Balaban J connectivity index is 1.97. The number of benzene rings is 1. The van der Waals surface area contributed by atoms with Crippen molar-refractivity contribution in [1.29, 1.82) is 5.26 Å². The van der Waals surface area contributed by atoms with E-state index in [1.54, 1.807) is 0 Å². The smallest absolute Gasteiger partial charge is 0.0666 e. The van der Waals surface area contributed by atoms with E-state index in [0.29, 0.717) is 0 Å². The summed E-state index contributed by atoms with van der Waals surface area (Å²) >= 11 is 0. The van der Waals surface area contributed by atoms with Crippen LogP contribution in [0, 0.1) is 17.2 Å². The van der Waals surface area contributed by atoms with Gasteiger partial charge in [-0.2, -0.15) is 5.26 Å². The summed E-state index contributed by atoms with van der Waals surface area (Å²) in [6, 6.07) is 10.8. The minimum Gasteiger partial charge on any atom is -0.371 e. The highest BCUT2D eigenvalue weighted by Gasteiger charge is 2.14. The summed E-state index contributed by atoms with van der Waals surface area (Å²) in [7, 11) is 0. The molecule has 1 fully saturated rings. The molecule has 1 heterocycles. The molecule has 1 N–H and O–H groups in total. The van der Waals surface area contributed by atoms with Crippen molar-refractivity contribution in [2.24, 2.45) is 5.92 Å². The van der Waals surface area contributed by atoms with Crippen LogP contribution in [0.2, 0.25) is 0 Å². The fourth-order valence-corrected chi connectivity index (χ4v) is 2.40. The summed E-state index contributed by atoms with van der Waals surface area (Å²) in [5.74, 6) is 0.0731. The van der Waals surface area contributed by atoms with Crippen molar-refractivity contribution in [2.45, 2.75) is 26.3 Å². The zero-order chi connectivity index (χ0) is 12.8. The first-order valence-electron chi connectivity index (χ1n) is 6.74. The third kappa shape index (κ3) is 3.24. The maximum Gasteiger partial charge on any atom is 0.0666 e. The first-order valence-corrected chi connectivity index (χ1v) is 6.74. The van der Waals surface area contributed by atoms with Crippen LogP contribution in [0.3, 0.4) is 0 Å². The van der Waals surface area contributed by atoms with E-state index in [1.807, 2.05) is 6.92 Å². The Bertz CT molecular complexity index is 416. The second-order valence-corrected chi connectivity index (χ2v) is 4.98. The highest BCUT2D eigenvalue weighted by Crippen LogP contribution is 2.24. The predicted molar refractivity (Wildman–Crippen MR) is 74.4 cm³/mol. The number of nitriles is 1. The van der Waals surface area contributed by atoms with Crippen LogP contribution >= 0.6 is 0 Å². The third-order valence-corrected chi connectivity index (χ3v) is 3.42. The zero-order valence-electron chi connectivity index (χ0n) is 11.0. The summed E-state index contributed by atoms with van der Waals surface area (Å²) < 4.78 is 0. The highest BCUT2D eigenvalue weighted by molar-refractivity contribution is 5.54. The Morgan fingerprint density at radius 1 is 1.33 bits per heavy atom. The van der Waals surface area contributed by atoms with Gasteiger partial charge in [0, 0.05) is 31.9 Å². The molecule has 3 nitrogen and oxygen atoms in total. The van der Waals surface area contributed by atoms with Gasteiger partial charge < -0.3 is 10.2 Å². The van der Waals surface area contributed by atoms with Crippen molar-refractivity contribution in [2.75, 3.05) is 24.5 Å². The number of hydrogen-bond donors (Lipinski definition) is 1. The molecule has 0 bridgehead atoms. The lowest BCUT2D eigenvalue weighted by Gasteiger charge is -2.21. The molecule has 1 aliphatic heterocycles. The minimum absolute atomic E-state index is 0.0731. The molecule has 3 heteroatoms. The molecule has 1 atom stereocenters. The number of hydrogen-bond acceptors (Lipinski definition) is 3. The largest absolute Gasteiger partial charge is 0.371 e. The first kappa shape index (κ1) is 12.9. The lowest BCUT2D eigenvalue weighted by atomic mass is 10.1. The molecule has 1 aromatic carbocycles. The second kappa shape index (κ2) is 6.42. The lowest BCUT2D eigenvalue weighted by Crippen LogP contribution is -2.23. The summed E-state index contributed by atoms with van der Waals surface area (Å²) in [6.45, 7) is 5.89. The van der Waals surface area contributed by atoms with Gasteiger partial charge in [0.25, 0.3) is 0 Å². The summed E-state index contributed by atoms with van der Waals surface area (Å²) in [4.78, 5) is 2.46. The second-order valence-electron chi connectivity index (χ2n) is 4.98. The van der Waals surface area contributed by atoms with Crippen molar-refractivity contribution in [3.63, 3.8) is 0 Å². The van der Waals surface area contributed by atoms with Gasteiger partial charge >= 0.3 is 0 Å².